The van der Waals surface area contributed by atoms with Crippen molar-refractivity contribution in [3.05, 3.63) is 11.7 Å². The summed E-state index contributed by atoms with van der Waals surface area (Å²) in [6, 6.07) is 0. The van der Waals surface area contributed by atoms with E-state index in [2.05, 4.69) is 6.92 Å². The fourth-order valence-corrected chi connectivity index (χ4v) is 2.39. The quantitative estimate of drug-likeness (QED) is 0.618. The monoisotopic (exact) mass is 202 g/mol. The first kappa shape index (κ1) is 11.7. The molecular formula is C12H20F2. The van der Waals surface area contributed by atoms with Gasteiger partial charge in [0, 0.05) is 5.92 Å². The Labute approximate surface area is 85.4 Å². The van der Waals surface area contributed by atoms with Crippen LogP contribution in [0.4, 0.5) is 8.78 Å². The van der Waals surface area contributed by atoms with Crippen molar-refractivity contribution in [1.82, 2.24) is 0 Å². The molecule has 82 valence electrons. The molecule has 1 aliphatic rings. The molecule has 14 heavy (non-hydrogen) atoms. The summed E-state index contributed by atoms with van der Waals surface area (Å²) in [6.45, 7) is 3.39. The Hall–Kier alpha value is -0.400. The summed E-state index contributed by atoms with van der Waals surface area (Å²) >= 11 is 0. The molecule has 0 aliphatic heterocycles. The minimum atomic E-state index is -0.621. The average Bonchev–Trinajstić information content (AvgIpc) is 2.18. The van der Waals surface area contributed by atoms with Crippen LogP contribution in [0.5, 0.6) is 0 Å². The number of allylic oxidation sites excluding steroid dienone is 2. The summed E-state index contributed by atoms with van der Waals surface area (Å²) in [5.41, 5.74) is 0. The summed E-state index contributed by atoms with van der Waals surface area (Å²) in [7, 11) is 0. The Morgan fingerprint density at radius 2 is 1.71 bits per heavy atom. The van der Waals surface area contributed by atoms with E-state index in [1.165, 1.54) is 19.8 Å². The molecule has 0 spiro atoms. The highest BCUT2D eigenvalue weighted by Crippen LogP contribution is 2.36. The average molecular weight is 202 g/mol. The molecule has 0 bridgehead atoms. The van der Waals surface area contributed by atoms with Crippen molar-refractivity contribution in [3.8, 4) is 0 Å². The molecule has 1 fully saturated rings. The van der Waals surface area contributed by atoms with Gasteiger partial charge in [0.05, 0.1) is 0 Å². The predicted molar refractivity (Wildman–Crippen MR) is 55.3 cm³/mol. The molecule has 0 atom stereocenters. The van der Waals surface area contributed by atoms with Crippen LogP contribution in [0.3, 0.4) is 0 Å². The number of hydrogen-bond acceptors (Lipinski definition) is 0. The van der Waals surface area contributed by atoms with Crippen LogP contribution in [0.25, 0.3) is 0 Å². The van der Waals surface area contributed by atoms with Crippen LogP contribution in [-0.4, -0.2) is 0 Å². The smallest absolute Gasteiger partial charge is 0.134 e. The second kappa shape index (κ2) is 5.47. The van der Waals surface area contributed by atoms with Gasteiger partial charge in [-0.15, -0.1) is 0 Å². The van der Waals surface area contributed by atoms with E-state index in [-0.39, 0.29) is 5.92 Å². The number of hydrogen-bond donors (Lipinski definition) is 0. The summed E-state index contributed by atoms with van der Waals surface area (Å²) < 4.78 is 25.9. The van der Waals surface area contributed by atoms with E-state index < -0.39 is 11.7 Å². The lowest BCUT2D eigenvalue weighted by Crippen LogP contribution is -2.15. The minimum Gasteiger partial charge on any atom is -0.209 e. The van der Waals surface area contributed by atoms with Crippen LogP contribution in [0.15, 0.2) is 11.7 Å². The molecule has 0 aromatic carbocycles. The molecule has 0 N–H and O–H groups in total. The molecule has 0 unspecified atom stereocenters. The van der Waals surface area contributed by atoms with Crippen molar-refractivity contribution in [1.29, 1.82) is 0 Å². The van der Waals surface area contributed by atoms with E-state index in [0.717, 1.165) is 31.6 Å². The molecule has 1 rings (SSSR count). The molecule has 1 saturated carbocycles. The standard InChI is InChI=1S/C12H20F2/c1-3-4-10-5-7-11(8-6-10)12(14)9(2)13/h10-11H,3-8H2,1-2H3/b12-9+. The zero-order valence-electron chi connectivity index (χ0n) is 9.15. The first-order valence-corrected chi connectivity index (χ1v) is 5.66. The van der Waals surface area contributed by atoms with Crippen LogP contribution >= 0.6 is 0 Å². The Bertz CT molecular complexity index is 196. The summed E-state index contributed by atoms with van der Waals surface area (Å²) in [6.07, 6.45) is 6.25. The van der Waals surface area contributed by atoms with Crippen molar-refractivity contribution in [2.75, 3.05) is 0 Å². The lowest BCUT2D eigenvalue weighted by atomic mass is 9.79. The summed E-state index contributed by atoms with van der Waals surface area (Å²) in [4.78, 5) is 0. The van der Waals surface area contributed by atoms with Gasteiger partial charge in [-0.05, 0) is 38.5 Å². The molecule has 0 heterocycles. The van der Waals surface area contributed by atoms with Gasteiger partial charge in [-0.1, -0.05) is 19.8 Å². The molecule has 0 amide bonds. The van der Waals surface area contributed by atoms with Gasteiger partial charge in [-0.2, -0.15) is 0 Å². The minimum absolute atomic E-state index is 0.131. The molecule has 0 aromatic rings. The second-order valence-electron chi connectivity index (χ2n) is 4.39. The van der Waals surface area contributed by atoms with Crippen molar-refractivity contribution >= 4 is 0 Å². The Morgan fingerprint density at radius 1 is 1.14 bits per heavy atom. The van der Waals surface area contributed by atoms with Gasteiger partial charge in [-0.25, -0.2) is 8.78 Å². The topological polar surface area (TPSA) is 0 Å². The van der Waals surface area contributed by atoms with Crippen molar-refractivity contribution < 1.29 is 8.78 Å². The van der Waals surface area contributed by atoms with Crippen molar-refractivity contribution in [2.45, 2.75) is 52.4 Å². The third-order valence-electron chi connectivity index (χ3n) is 3.23. The fourth-order valence-electron chi connectivity index (χ4n) is 2.39. The van der Waals surface area contributed by atoms with E-state index in [1.807, 2.05) is 0 Å². The highest BCUT2D eigenvalue weighted by Gasteiger charge is 2.24. The van der Waals surface area contributed by atoms with Gasteiger partial charge in [-0.3, -0.25) is 0 Å². The number of halogens is 2. The van der Waals surface area contributed by atoms with E-state index >= 15 is 0 Å². The lowest BCUT2D eigenvalue weighted by Gasteiger charge is -2.27. The molecule has 1 aliphatic carbocycles. The Kier molecular flexibility index (Phi) is 4.56. The first-order chi connectivity index (χ1) is 6.65. The molecule has 2 heteroatoms. The fraction of sp³-hybridized carbons (Fsp3) is 0.833. The molecule has 0 nitrogen and oxygen atoms in total. The predicted octanol–water partition coefficient (Wildman–Crippen LogP) is 4.76. The lowest BCUT2D eigenvalue weighted by molar-refractivity contribution is 0.256. The first-order valence-electron chi connectivity index (χ1n) is 5.66. The third kappa shape index (κ3) is 3.07. The van der Waals surface area contributed by atoms with Gasteiger partial charge in [0.2, 0.25) is 0 Å². The van der Waals surface area contributed by atoms with Crippen LogP contribution in [0.2, 0.25) is 0 Å². The largest absolute Gasteiger partial charge is 0.209 e. The summed E-state index contributed by atoms with van der Waals surface area (Å²) in [5, 5.41) is 0. The van der Waals surface area contributed by atoms with Gasteiger partial charge >= 0.3 is 0 Å². The van der Waals surface area contributed by atoms with E-state index in [4.69, 9.17) is 0 Å². The van der Waals surface area contributed by atoms with E-state index in [0.29, 0.717) is 0 Å². The number of rotatable bonds is 3. The van der Waals surface area contributed by atoms with E-state index in [9.17, 15) is 8.78 Å². The second-order valence-corrected chi connectivity index (χ2v) is 4.39. The van der Waals surface area contributed by atoms with Crippen LogP contribution in [0.1, 0.15) is 52.4 Å². The van der Waals surface area contributed by atoms with Crippen molar-refractivity contribution in [3.63, 3.8) is 0 Å². The van der Waals surface area contributed by atoms with Gasteiger partial charge in [0.25, 0.3) is 0 Å². The Morgan fingerprint density at radius 3 is 2.14 bits per heavy atom. The highest BCUT2D eigenvalue weighted by atomic mass is 19.2. The summed E-state index contributed by atoms with van der Waals surface area (Å²) in [5.74, 6) is -0.499. The molecule has 0 aromatic heterocycles. The zero-order valence-corrected chi connectivity index (χ0v) is 9.15. The highest BCUT2D eigenvalue weighted by molar-refractivity contribution is 5.02. The molecule has 0 saturated heterocycles. The van der Waals surface area contributed by atoms with Crippen molar-refractivity contribution in [2.24, 2.45) is 11.8 Å². The van der Waals surface area contributed by atoms with Gasteiger partial charge < -0.3 is 0 Å². The van der Waals surface area contributed by atoms with Gasteiger partial charge in [0.1, 0.15) is 11.7 Å². The van der Waals surface area contributed by atoms with Crippen LogP contribution in [0, 0.1) is 11.8 Å². The van der Waals surface area contributed by atoms with E-state index in [1.54, 1.807) is 0 Å². The Balaban J connectivity index is 2.39. The van der Waals surface area contributed by atoms with Crippen LogP contribution < -0.4 is 0 Å². The molecule has 0 radical (unpaired) electrons. The maximum atomic E-state index is 13.2. The van der Waals surface area contributed by atoms with Gasteiger partial charge in [0.15, 0.2) is 0 Å². The maximum absolute atomic E-state index is 13.2. The van der Waals surface area contributed by atoms with Crippen LogP contribution in [-0.2, 0) is 0 Å². The molecular weight excluding hydrogens is 182 g/mol. The maximum Gasteiger partial charge on any atom is 0.134 e. The zero-order chi connectivity index (χ0) is 10.6. The SMILES string of the molecule is CCCC1CCC(/C(F)=C(/C)F)CC1. The normalized spacial score (nSPS) is 30.0. The third-order valence-corrected chi connectivity index (χ3v) is 3.23.